The first-order chi connectivity index (χ1) is 4.39. The Balaban J connectivity index is 4.08. The van der Waals surface area contributed by atoms with Crippen LogP contribution in [0.15, 0.2) is 0 Å². The highest BCUT2D eigenvalue weighted by atomic mass is 16.1. The maximum atomic E-state index is 10.8. The van der Waals surface area contributed by atoms with Crippen molar-refractivity contribution in [3.63, 3.8) is 0 Å². The second-order valence-corrected chi connectivity index (χ2v) is 1.54. The molecule has 0 heterocycles. The van der Waals surface area contributed by atoms with E-state index in [1.165, 1.54) is 6.92 Å². The van der Waals surface area contributed by atoms with Gasteiger partial charge in [0.1, 0.15) is 5.78 Å². The minimum atomic E-state index is -2.12. The van der Waals surface area contributed by atoms with Gasteiger partial charge >= 0.3 is 0 Å². The summed E-state index contributed by atoms with van der Waals surface area (Å²) in [5, 5.41) is 0. The minimum Gasteiger partial charge on any atom is -0.299 e. The lowest BCUT2D eigenvalue weighted by Crippen LogP contribution is -2.03. The molecule has 42 valence electrons. The van der Waals surface area contributed by atoms with Gasteiger partial charge in [-0.1, -0.05) is 20.7 Å². The molecule has 0 spiro atoms. The first kappa shape index (κ1) is 2.85. The lowest BCUT2D eigenvalue weighted by Gasteiger charge is -1.96. The fraction of sp³-hybridized carbons (Fsp3) is 0.833. The largest absolute Gasteiger partial charge is 0.299 e. The van der Waals surface area contributed by atoms with Gasteiger partial charge in [0.05, 0.1) is 0 Å². The molecular formula is C6H12O. The van der Waals surface area contributed by atoms with Crippen LogP contribution in [-0.2, 0) is 4.79 Å². The second kappa shape index (κ2) is 2.78. The van der Waals surface area contributed by atoms with Gasteiger partial charge in [-0.2, -0.15) is 0 Å². The SMILES string of the molecule is [2H]C([2H])([2H])C(C)C(=O)CC. The summed E-state index contributed by atoms with van der Waals surface area (Å²) in [6, 6.07) is 0. The monoisotopic (exact) mass is 103 g/mol. The van der Waals surface area contributed by atoms with Crippen molar-refractivity contribution in [2.45, 2.75) is 27.1 Å². The van der Waals surface area contributed by atoms with E-state index in [1.807, 2.05) is 0 Å². The van der Waals surface area contributed by atoms with Crippen molar-refractivity contribution in [1.29, 1.82) is 0 Å². The molecule has 1 atom stereocenters. The van der Waals surface area contributed by atoms with E-state index >= 15 is 0 Å². The van der Waals surface area contributed by atoms with Crippen molar-refractivity contribution in [2.24, 2.45) is 5.92 Å². The standard InChI is InChI=1S/C6H12O/c1-4-6(7)5(2)3/h5H,4H2,1-3H3/i2D3. The summed E-state index contributed by atoms with van der Waals surface area (Å²) in [5.74, 6) is -1.00. The zero-order chi connectivity index (χ0) is 8.36. The fourth-order valence-electron chi connectivity index (χ4n) is 0.306. The van der Waals surface area contributed by atoms with Crippen molar-refractivity contribution in [3.8, 4) is 0 Å². The normalized spacial score (nSPS) is 21.7. The van der Waals surface area contributed by atoms with Gasteiger partial charge in [-0.3, -0.25) is 4.79 Å². The van der Waals surface area contributed by atoms with Crippen LogP contribution in [-0.4, -0.2) is 5.78 Å². The van der Waals surface area contributed by atoms with Crippen LogP contribution >= 0.6 is 0 Å². The second-order valence-electron chi connectivity index (χ2n) is 1.54. The molecule has 0 aliphatic heterocycles. The number of rotatable bonds is 2. The Labute approximate surface area is 48.9 Å². The van der Waals surface area contributed by atoms with E-state index in [9.17, 15) is 4.79 Å². The van der Waals surface area contributed by atoms with Crippen molar-refractivity contribution < 1.29 is 8.91 Å². The Bertz CT molecular complexity index is 127. The third-order valence-electron chi connectivity index (χ3n) is 0.831. The van der Waals surface area contributed by atoms with Crippen LogP contribution < -0.4 is 0 Å². The molecule has 0 fully saturated rings. The van der Waals surface area contributed by atoms with E-state index < -0.39 is 12.8 Å². The molecule has 0 saturated heterocycles. The maximum Gasteiger partial charge on any atom is 0.135 e. The van der Waals surface area contributed by atoms with Crippen LogP contribution in [0, 0.1) is 5.92 Å². The van der Waals surface area contributed by atoms with E-state index in [0.717, 1.165) is 0 Å². The van der Waals surface area contributed by atoms with E-state index in [4.69, 9.17) is 4.11 Å². The molecule has 1 nitrogen and oxygen atoms in total. The van der Waals surface area contributed by atoms with E-state index in [2.05, 4.69) is 0 Å². The van der Waals surface area contributed by atoms with Crippen molar-refractivity contribution >= 4 is 5.78 Å². The smallest absolute Gasteiger partial charge is 0.135 e. The number of hydrogen-bond acceptors (Lipinski definition) is 1. The van der Waals surface area contributed by atoms with Gasteiger partial charge in [0.2, 0.25) is 0 Å². The van der Waals surface area contributed by atoms with Crippen LogP contribution in [0.5, 0.6) is 0 Å². The highest BCUT2D eigenvalue weighted by Crippen LogP contribution is 1.95. The summed E-state index contributed by atoms with van der Waals surface area (Å²) in [6.45, 7) is 0.997. The fourth-order valence-corrected chi connectivity index (χ4v) is 0.306. The topological polar surface area (TPSA) is 17.1 Å². The molecule has 0 aromatic carbocycles. The van der Waals surface area contributed by atoms with Crippen LogP contribution in [0.3, 0.4) is 0 Å². The van der Waals surface area contributed by atoms with Gasteiger partial charge < -0.3 is 0 Å². The summed E-state index contributed by atoms with van der Waals surface area (Å²) >= 11 is 0. The highest BCUT2D eigenvalue weighted by Gasteiger charge is 2.00. The molecule has 0 amide bonds. The molecule has 0 saturated carbocycles. The molecule has 1 unspecified atom stereocenters. The first-order valence-corrected chi connectivity index (χ1v) is 2.42. The Hall–Kier alpha value is -0.330. The summed E-state index contributed by atoms with van der Waals surface area (Å²) in [7, 11) is 0. The summed E-state index contributed by atoms with van der Waals surface area (Å²) in [6.07, 6.45) is 0.305. The number of ketones is 1. The van der Waals surface area contributed by atoms with Gasteiger partial charge in [-0.15, -0.1) is 0 Å². The molecule has 1 heteroatoms. The predicted octanol–water partition coefficient (Wildman–Crippen LogP) is 1.62. The number of carbonyl (C=O) groups is 1. The van der Waals surface area contributed by atoms with E-state index in [1.54, 1.807) is 6.92 Å². The summed E-state index contributed by atoms with van der Waals surface area (Å²) in [5.41, 5.74) is 0. The lowest BCUT2D eigenvalue weighted by molar-refractivity contribution is -0.121. The Kier molecular flexibility index (Phi) is 1.13. The molecule has 0 bridgehead atoms. The van der Waals surface area contributed by atoms with Gasteiger partial charge in [0.25, 0.3) is 0 Å². The van der Waals surface area contributed by atoms with Crippen molar-refractivity contribution in [2.75, 3.05) is 0 Å². The third-order valence-corrected chi connectivity index (χ3v) is 0.831. The molecule has 0 aromatic rings. The van der Waals surface area contributed by atoms with E-state index in [-0.39, 0.29) is 5.78 Å². The molecule has 0 rings (SSSR count). The predicted molar refractivity (Wildman–Crippen MR) is 30.1 cm³/mol. The van der Waals surface area contributed by atoms with Gasteiger partial charge in [-0.05, 0) is 0 Å². The van der Waals surface area contributed by atoms with Crippen LogP contribution in [0.25, 0.3) is 0 Å². The van der Waals surface area contributed by atoms with Gasteiger partial charge in [0.15, 0.2) is 0 Å². The Morgan fingerprint density at radius 2 is 2.57 bits per heavy atom. The molecule has 7 heavy (non-hydrogen) atoms. The molecule has 0 aromatic heterocycles. The van der Waals surface area contributed by atoms with Crippen molar-refractivity contribution in [1.82, 2.24) is 0 Å². The first-order valence-electron chi connectivity index (χ1n) is 3.92. The van der Waals surface area contributed by atoms with Crippen molar-refractivity contribution in [3.05, 3.63) is 0 Å². The lowest BCUT2D eigenvalue weighted by atomic mass is 10.1. The number of hydrogen-bond donors (Lipinski definition) is 0. The number of carbonyl (C=O) groups excluding carboxylic acids is 1. The van der Waals surface area contributed by atoms with Crippen LogP contribution in [0.4, 0.5) is 0 Å². The Morgan fingerprint density at radius 3 is 2.71 bits per heavy atom. The average molecular weight is 103 g/mol. The Morgan fingerprint density at radius 1 is 2.00 bits per heavy atom. The zero-order valence-corrected chi connectivity index (χ0v) is 4.69. The van der Waals surface area contributed by atoms with Gasteiger partial charge in [-0.25, -0.2) is 0 Å². The van der Waals surface area contributed by atoms with Crippen LogP contribution in [0.2, 0.25) is 0 Å². The molecule has 0 N–H and O–H groups in total. The van der Waals surface area contributed by atoms with Crippen LogP contribution in [0.1, 0.15) is 31.2 Å². The third kappa shape index (κ3) is 2.38. The average Bonchev–Trinajstić information content (AvgIpc) is 1.83. The summed E-state index contributed by atoms with van der Waals surface area (Å²) in [4.78, 5) is 10.8. The zero-order valence-electron chi connectivity index (χ0n) is 7.69. The van der Waals surface area contributed by atoms with Gasteiger partial charge in [0, 0.05) is 16.5 Å². The summed E-state index contributed by atoms with van der Waals surface area (Å²) < 4.78 is 20.7. The van der Waals surface area contributed by atoms with E-state index in [0.29, 0.717) is 6.42 Å². The minimum absolute atomic E-state index is 0.194. The molecular weight excluding hydrogens is 88.1 g/mol. The maximum absolute atomic E-state index is 10.8. The molecule has 0 aliphatic rings. The molecule has 0 aliphatic carbocycles. The highest BCUT2D eigenvalue weighted by molar-refractivity contribution is 5.79. The number of Topliss-reactive ketones (excluding diaryl/α,β-unsaturated/α-hetero) is 1. The quantitative estimate of drug-likeness (QED) is 0.519. The molecule has 0 radical (unpaired) electrons.